The van der Waals surface area contributed by atoms with E-state index in [9.17, 15) is 23.7 Å². The molecule has 17 rings (SSSR count). The number of anilines is 5. The summed E-state index contributed by atoms with van der Waals surface area (Å²) < 4.78 is 59.4. The van der Waals surface area contributed by atoms with Crippen molar-refractivity contribution in [3.05, 3.63) is 181 Å². The summed E-state index contributed by atoms with van der Waals surface area (Å²) in [6, 6.07) is 38.3. The fourth-order valence-electron chi connectivity index (χ4n) is 13.7. The number of aromatic nitrogens is 12. The Morgan fingerprint density at radius 3 is 1.40 bits per heavy atom. The number of pyridine rings is 4. The van der Waals surface area contributed by atoms with Crippen LogP contribution in [-0.4, -0.2) is 175 Å². The van der Waals surface area contributed by atoms with Crippen molar-refractivity contribution in [3.8, 4) is 29.3 Å². The first-order chi connectivity index (χ1) is 54.4. The molecule has 0 aliphatic carbocycles. The summed E-state index contributed by atoms with van der Waals surface area (Å²) in [4.78, 5) is 58.0. The van der Waals surface area contributed by atoms with Gasteiger partial charge in [-0.1, -0.05) is 6.07 Å². The maximum absolute atomic E-state index is 12.4. The predicted molar refractivity (Wildman–Crippen MR) is 429 cm³/mol. The standard InChI is InChI=1S/C21H23N5O2S.C20H23N5O3.C20H22N4O4.C20H22N4O3/c1-26-19-12-14(24-20-16-4-3-9-22-18(16)13-23-20)5-6-17(19)21(25-26)28-15-7-10-29(2,27)11-8-15;1-25-17-11-14(23-19(26)18-16(21)3-2-8-22-18)4-5-15(17)20(24-25)28-12-13-6-9-27-10-7-13;1-24-16-11-14(22-19(26)18-17(25)3-2-8-21-18)4-5-15(16)20(23-24)28-12-13-6-9-27-10-7-13;1-24-18-12-15(22-19(25)17-4-2-3-9-21-17)5-6-16(18)20(23-24)27-13-14-7-10-26-11-8-14/h3-6,9,12,15H,2,7-8,10-11,13H2,1H3,(H,23,24);2-5,8,11,13H,6-7,9-10,12,21H2,1H3,(H,23,26);2-5,8,11,13,25H,6-7,9-10,12H2,1H3,(H,22,26);2-6,9,12,14H,7-8,10-11,13H2,1H3,(H,22,25). The summed E-state index contributed by atoms with van der Waals surface area (Å²) in [6.45, 7) is 7.25. The van der Waals surface area contributed by atoms with Gasteiger partial charge in [-0.15, -0.1) is 20.4 Å². The number of benzene rings is 4. The van der Waals surface area contributed by atoms with E-state index in [0.717, 1.165) is 157 Å². The quantitative estimate of drug-likeness (QED) is 0.0435. The lowest BCUT2D eigenvalue weighted by Crippen LogP contribution is -2.30. The molecule has 7 N–H and O–H groups in total. The zero-order valence-electron chi connectivity index (χ0n) is 62.8. The van der Waals surface area contributed by atoms with Crippen LogP contribution in [0.2, 0.25) is 0 Å². The van der Waals surface area contributed by atoms with Gasteiger partial charge in [0.1, 0.15) is 23.4 Å². The number of nitrogen functional groups attached to an aromatic ring is 1. The fourth-order valence-corrected chi connectivity index (χ4v) is 15.3. The first-order valence-corrected chi connectivity index (χ1v) is 39.4. The highest BCUT2D eigenvalue weighted by molar-refractivity contribution is 8.00. The number of carbonyl (C=O) groups excluding carboxylic acids is 3. The van der Waals surface area contributed by atoms with E-state index in [0.29, 0.717) is 108 Å². The average molecular weight is 1540 g/mol. The summed E-state index contributed by atoms with van der Waals surface area (Å²) in [6.07, 6.45) is 14.0. The maximum atomic E-state index is 12.4. The number of nitrogens with two attached hydrogens (primary N) is 1. The Morgan fingerprint density at radius 1 is 0.500 bits per heavy atom. The van der Waals surface area contributed by atoms with E-state index in [1.54, 1.807) is 68.9 Å². The number of fused-ring (bicyclic) bond motifs is 5. The first-order valence-electron chi connectivity index (χ1n) is 37.4. The van der Waals surface area contributed by atoms with Gasteiger partial charge in [-0.3, -0.25) is 52.3 Å². The molecule has 4 fully saturated rings. The number of hydrogen-bond donors (Lipinski definition) is 6. The number of amides is 3. The van der Waals surface area contributed by atoms with Gasteiger partial charge in [0.05, 0.1) is 81.4 Å². The number of amidine groups is 1. The molecule has 5 aliphatic heterocycles. The van der Waals surface area contributed by atoms with Crippen molar-refractivity contribution >= 4 is 111 Å². The summed E-state index contributed by atoms with van der Waals surface area (Å²) in [5, 5.41) is 43.3. The van der Waals surface area contributed by atoms with Crippen molar-refractivity contribution in [1.82, 2.24) is 59.1 Å². The van der Waals surface area contributed by atoms with Gasteiger partial charge in [-0.05, 0) is 206 Å². The minimum absolute atomic E-state index is 0.0203. The number of aryl methyl sites for hydroxylation is 4. The summed E-state index contributed by atoms with van der Waals surface area (Å²) in [5.41, 5.74) is 15.2. The van der Waals surface area contributed by atoms with Crippen molar-refractivity contribution in [2.45, 2.75) is 64.0 Å². The molecule has 3 amide bonds. The third-order valence-corrected chi connectivity index (χ3v) is 22.0. The van der Waals surface area contributed by atoms with Crippen LogP contribution >= 0.6 is 0 Å². The molecule has 4 saturated heterocycles. The van der Waals surface area contributed by atoms with Gasteiger partial charge >= 0.3 is 0 Å². The molecule has 0 saturated carbocycles. The van der Waals surface area contributed by atoms with Crippen LogP contribution in [0.4, 0.5) is 28.4 Å². The highest BCUT2D eigenvalue weighted by Crippen LogP contribution is 2.35. The van der Waals surface area contributed by atoms with Crippen molar-refractivity contribution in [2.24, 2.45) is 50.9 Å². The second-order valence-corrected chi connectivity index (χ2v) is 30.9. The Labute approximate surface area is 646 Å². The van der Waals surface area contributed by atoms with E-state index in [4.69, 9.17) is 38.9 Å². The van der Waals surface area contributed by atoms with Crippen LogP contribution in [0.15, 0.2) is 157 Å². The predicted octanol–water partition coefficient (Wildman–Crippen LogP) is 11.0. The van der Waals surface area contributed by atoms with Crippen molar-refractivity contribution < 1.29 is 56.9 Å². The molecule has 0 radical (unpaired) electrons. The molecule has 0 atom stereocenters. The van der Waals surface area contributed by atoms with Crippen LogP contribution in [-0.2, 0) is 58.5 Å². The first kappa shape index (κ1) is 76.7. The molecular weight excluding hydrogens is 1450 g/mol. The van der Waals surface area contributed by atoms with Crippen LogP contribution < -0.4 is 45.9 Å². The van der Waals surface area contributed by atoms with E-state index < -0.39 is 15.4 Å². The molecule has 13 heterocycles. The summed E-state index contributed by atoms with van der Waals surface area (Å²) in [7, 11) is 5.55. The Bertz CT molecular complexity index is 5320. The lowest BCUT2D eigenvalue weighted by atomic mass is 10.0. The van der Waals surface area contributed by atoms with Crippen LogP contribution in [0.5, 0.6) is 29.3 Å². The third-order valence-electron chi connectivity index (χ3n) is 20.1. The molecular formula is C81H90N18O12S. The Kier molecular flexibility index (Phi) is 24.2. The smallest absolute Gasteiger partial charge is 0.278 e. The zero-order valence-corrected chi connectivity index (χ0v) is 63.6. The number of rotatable bonds is 18. The van der Waals surface area contributed by atoms with E-state index in [1.165, 1.54) is 18.5 Å². The Hall–Kier alpha value is -12.1. The molecule has 30 nitrogen and oxygen atoms in total. The van der Waals surface area contributed by atoms with Gasteiger partial charge in [-0.2, -0.15) is 0 Å². The Balaban J connectivity index is 0.000000124. The van der Waals surface area contributed by atoms with Crippen molar-refractivity contribution in [2.75, 3.05) is 98.0 Å². The SMILES string of the molecule is C=S1(=O)CCC(Oc2nn(C)c3cc(NC4=NCc5ncccc54)ccc23)CC1.Cn1nc(OCC2CCOCC2)c2ccc(NC(=O)c3ccccn3)cc21.Cn1nc(OCC2CCOCC2)c2ccc(NC(=O)c3ncccc3N)cc21.Cn1nc(OCC2CCOCC2)c2ccc(NC(=O)c3ncccc3O)cc21. The number of carbonyl (C=O) groups is 3. The zero-order chi connectivity index (χ0) is 77.7. The minimum Gasteiger partial charge on any atom is -0.505 e. The number of hydrogen-bond acceptors (Lipinski definition) is 23. The van der Waals surface area contributed by atoms with E-state index in [-0.39, 0.29) is 35.1 Å². The molecule has 4 aromatic carbocycles. The second kappa shape index (κ2) is 35.3. The van der Waals surface area contributed by atoms with E-state index >= 15 is 0 Å². The molecule has 0 bridgehead atoms. The van der Waals surface area contributed by atoms with Gasteiger partial charge in [-0.25, -0.2) is 9.97 Å². The van der Waals surface area contributed by atoms with Gasteiger partial charge in [0.25, 0.3) is 17.7 Å². The van der Waals surface area contributed by atoms with E-state index in [1.807, 2.05) is 106 Å². The second-order valence-electron chi connectivity index (χ2n) is 28.1. The van der Waals surface area contributed by atoms with Crippen LogP contribution in [0.1, 0.15) is 94.1 Å². The summed E-state index contributed by atoms with van der Waals surface area (Å²) in [5.74, 6) is 8.60. The highest BCUT2D eigenvalue weighted by atomic mass is 32.2. The number of ether oxygens (including phenoxy) is 7. The van der Waals surface area contributed by atoms with Crippen molar-refractivity contribution in [1.29, 1.82) is 0 Å². The molecule has 112 heavy (non-hydrogen) atoms. The third kappa shape index (κ3) is 18.9. The molecule has 12 aromatic rings. The van der Waals surface area contributed by atoms with E-state index in [2.05, 4.69) is 78.5 Å². The fraction of sp³-hybridized carbons (Fsp3) is 0.346. The molecule has 582 valence electrons. The van der Waals surface area contributed by atoms with Crippen LogP contribution in [0, 0.1) is 17.8 Å². The molecule has 5 aliphatic rings. The van der Waals surface area contributed by atoms with Gasteiger partial charge in [0.2, 0.25) is 23.5 Å². The normalized spacial score (nSPS) is 17.2. The lowest BCUT2D eigenvalue weighted by molar-refractivity contribution is 0.0491. The minimum atomic E-state index is -1.91. The Morgan fingerprint density at radius 2 is 0.920 bits per heavy atom. The average Bonchev–Trinajstić information content (AvgIpc) is 1.66. The number of nitrogens with zero attached hydrogens (tertiary/aromatic N) is 13. The monoisotopic (exact) mass is 1540 g/mol. The van der Waals surface area contributed by atoms with Crippen LogP contribution in [0.3, 0.4) is 0 Å². The van der Waals surface area contributed by atoms with Crippen LogP contribution in [0.25, 0.3) is 43.6 Å². The van der Waals surface area contributed by atoms with Gasteiger partial charge in [0, 0.05) is 132 Å². The van der Waals surface area contributed by atoms with Gasteiger partial charge in [0.15, 0.2) is 11.4 Å². The number of aromatic hydroxyl groups is 1. The largest absolute Gasteiger partial charge is 0.505 e. The molecule has 0 unspecified atom stereocenters. The number of aliphatic imine (C=N–C) groups is 1. The van der Waals surface area contributed by atoms with Gasteiger partial charge < -0.3 is 65.3 Å². The topological polar surface area (TPSA) is 362 Å². The highest BCUT2D eigenvalue weighted by Gasteiger charge is 2.27. The molecule has 8 aromatic heterocycles. The lowest BCUT2D eigenvalue weighted by Gasteiger charge is -2.24. The summed E-state index contributed by atoms with van der Waals surface area (Å²) >= 11 is 0. The maximum Gasteiger partial charge on any atom is 0.278 e. The molecule has 0 spiro atoms. The number of nitrogens with one attached hydrogen (secondary N) is 4. The molecule has 31 heteroatoms. The van der Waals surface area contributed by atoms with Crippen molar-refractivity contribution in [3.63, 3.8) is 0 Å².